The first-order valence-electron chi connectivity index (χ1n) is 7.86. The summed E-state index contributed by atoms with van der Waals surface area (Å²) >= 11 is 1.36. The lowest BCUT2D eigenvalue weighted by atomic mass is 10.1. The summed E-state index contributed by atoms with van der Waals surface area (Å²) in [6.07, 6.45) is 0.603. The Kier molecular flexibility index (Phi) is 5.67. The molecule has 1 saturated heterocycles. The number of hydrogen-bond donors (Lipinski definition) is 1. The highest BCUT2D eigenvalue weighted by Crippen LogP contribution is 2.29. The largest absolute Gasteiger partial charge is 0.493 e. The van der Waals surface area contributed by atoms with E-state index in [0.717, 1.165) is 10.6 Å². The predicted octanol–water partition coefficient (Wildman–Crippen LogP) is 2.01. The maximum Gasteiger partial charge on any atom is 0.323 e. The Balaban J connectivity index is 1.62. The monoisotopic (exact) mass is 364 g/mol. The number of rotatable bonds is 5. The molecule has 1 aromatic carbocycles. The van der Waals surface area contributed by atoms with E-state index >= 15 is 0 Å². The van der Waals surface area contributed by atoms with Gasteiger partial charge in [-0.3, -0.25) is 5.32 Å². The van der Waals surface area contributed by atoms with Crippen LogP contribution in [0.5, 0.6) is 11.5 Å². The molecule has 134 valence electrons. The Bertz CT molecular complexity index is 731. The van der Waals surface area contributed by atoms with Gasteiger partial charge in [0, 0.05) is 19.5 Å². The van der Waals surface area contributed by atoms with E-state index < -0.39 is 0 Å². The minimum atomic E-state index is -0.169. The van der Waals surface area contributed by atoms with Crippen molar-refractivity contribution in [1.29, 1.82) is 0 Å². The molecule has 3 rings (SSSR count). The Hall–Kier alpha value is -2.39. The van der Waals surface area contributed by atoms with Gasteiger partial charge >= 0.3 is 6.03 Å². The molecule has 25 heavy (non-hydrogen) atoms. The van der Waals surface area contributed by atoms with Crippen LogP contribution in [0.3, 0.4) is 0 Å². The summed E-state index contributed by atoms with van der Waals surface area (Å²) in [5.74, 6) is 1.35. The first-order valence-corrected chi connectivity index (χ1v) is 8.68. The SMILES string of the molecule is COc1ccc(Cc2nnc(NC(=O)N3CCOCC3)s2)cc1OC. The van der Waals surface area contributed by atoms with Crippen LogP contribution in [-0.2, 0) is 11.2 Å². The second-order valence-corrected chi connectivity index (χ2v) is 6.46. The quantitative estimate of drug-likeness (QED) is 0.873. The zero-order chi connectivity index (χ0) is 17.6. The number of benzene rings is 1. The molecule has 0 radical (unpaired) electrons. The van der Waals surface area contributed by atoms with Crippen LogP contribution in [0.25, 0.3) is 0 Å². The number of urea groups is 1. The van der Waals surface area contributed by atoms with Crippen molar-refractivity contribution in [3.05, 3.63) is 28.8 Å². The molecule has 2 heterocycles. The number of anilines is 1. The topological polar surface area (TPSA) is 85.8 Å². The summed E-state index contributed by atoms with van der Waals surface area (Å²) < 4.78 is 15.8. The number of carbonyl (C=O) groups is 1. The first-order chi connectivity index (χ1) is 12.2. The van der Waals surface area contributed by atoms with Crippen LogP contribution in [0.2, 0.25) is 0 Å². The third kappa shape index (κ3) is 4.37. The fraction of sp³-hybridized carbons (Fsp3) is 0.438. The van der Waals surface area contributed by atoms with Crippen LogP contribution in [0, 0.1) is 0 Å². The van der Waals surface area contributed by atoms with Gasteiger partial charge in [-0.25, -0.2) is 4.79 Å². The second-order valence-electron chi connectivity index (χ2n) is 5.40. The van der Waals surface area contributed by atoms with Gasteiger partial charge in [0.2, 0.25) is 5.13 Å². The van der Waals surface area contributed by atoms with Crippen LogP contribution < -0.4 is 14.8 Å². The molecule has 0 spiro atoms. The van der Waals surface area contributed by atoms with Gasteiger partial charge in [0.05, 0.1) is 27.4 Å². The predicted molar refractivity (Wildman–Crippen MR) is 93.7 cm³/mol. The smallest absolute Gasteiger partial charge is 0.323 e. The van der Waals surface area contributed by atoms with E-state index in [1.807, 2.05) is 18.2 Å². The lowest BCUT2D eigenvalue weighted by Gasteiger charge is -2.26. The van der Waals surface area contributed by atoms with Crippen LogP contribution in [0.1, 0.15) is 10.6 Å². The Morgan fingerprint density at radius 1 is 1.24 bits per heavy atom. The highest BCUT2D eigenvalue weighted by atomic mass is 32.1. The van der Waals surface area contributed by atoms with E-state index in [-0.39, 0.29) is 6.03 Å². The van der Waals surface area contributed by atoms with Crippen molar-refractivity contribution in [2.24, 2.45) is 0 Å². The molecule has 8 nitrogen and oxygen atoms in total. The maximum absolute atomic E-state index is 12.2. The molecule has 0 aliphatic carbocycles. The van der Waals surface area contributed by atoms with E-state index in [1.54, 1.807) is 19.1 Å². The standard InChI is InChI=1S/C16H20N4O4S/c1-22-12-4-3-11(9-13(12)23-2)10-14-18-19-15(25-14)17-16(21)20-5-7-24-8-6-20/h3-4,9H,5-8,10H2,1-2H3,(H,17,19,21). The van der Waals surface area contributed by atoms with Gasteiger partial charge in [0.25, 0.3) is 0 Å². The number of hydrogen-bond acceptors (Lipinski definition) is 7. The number of nitrogens with one attached hydrogen (secondary N) is 1. The van der Waals surface area contributed by atoms with Crippen LogP contribution in [0.15, 0.2) is 18.2 Å². The van der Waals surface area contributed by atoms with Crippen molar-refractivity contribution in [2.75, 3.05) is 45.8 Å². The van der Waals surface area contributed by atoms with Crippen molar-refractivity contribution < 1.29 is 19.0 Å². The molecule has 1 aliphatic rings. The number of aromatic nitrogens is 2. The van der Waals surface area contributed by atoms with Gasteiger partial charge < -0.3 is 19.1 Å². The van der Waals surface area contributed by atoms with E-state index in [0.29, 0.717) is 49.4 Å². The highest BCUT2D eigenvalue weighted by Gasteiger charge is 2.18. The third-order valence-corrected chi connectivity index (χ3v) is 4.62. The number of morpholine rings is 1. The Morgan fingerprint density at radius 3 is 2.72 bits per heavy atom. The number of methoxy groups -OCH3 is 2. The van der Waals surface area contributed by atoms with E-state index in [4.69, 9.17) is 14.2 Å². The van der Waals surface area contributed by atoms with Gasteiger partial charge in [-0.1, -0.05) is 17.4 Å². The lowest BCUT2D eigenvalue weighted by Crippen LogP contribution is -2.43. The summed E-state index contributed by atoms with van der Waals surface area (Å²) in [7, 11) is 3.21. The van der Waals surface area contributed by atoms with Crippen LogP contribution in [-0.4, -0.2) is 61.7 Å². The lowest BCUT2D eigenvalue weighted by molar-refractivity contribution is 0.0564. The molecule has 0 saturated carbocycles. The minimum absolute atomic E-state index is 0.169. The van der Waals surface area contributed by atoms with Crippen molar-refractivity contribution in [1.82, 2.24) is 15.1 Å². The Labute approximate surface area is 149 Å². The van der Waals surface area contributed by atoms with Crippen LogP contribution >= 0.6 is 11.3 Å². The summed E-state index contributed by atoms with van der Waals surface area (Å²) in [6, 6.07) is 5.55. The van der Waals surface area contributed by atoms with Crippen molar-refractivity contribution in [2.45, 2.75) is 6.42 Å². The average Bonchev–Trinajstić information content (AvgIpc) is 3.09. The van der Waals surface area contributed by atoms with Gasteiger partial charge in [-0.2, -0.15) is 0 Å². The van der Waals surface area contributed by atoms with Gasteiger partial charge in [0.1, 0.15) is 5.01 Å². The zero-order valence-corrected chi connectivity index (χ0v) is 15.0. The zero-order valence-electron chi connectivity index (χ0n) is 14.2. The normalized spacial score (nSPS) is 14.2. The van der Waals surface area contributed by atoms with Gasteiger partial charge in [-0.05, 0) is 17.7 Å². The van der Waals surface area contributed by atoms with Crippen molar-refractivity contribution in [3.8, 4) is 11.5 Å². The minimum Gasteiger partial charge on any atom is -0.493 e. The number of carbonyl (C=O) groups excluding carboxylic acids is 1. The molecular formula is C16H20N4O4S. The number of amides is 2. The van der Waals surface area contributed by atoms with Gasteiger partial charge in [-0.15, -0.1) is 10.2 Å². The number of nitrogens with zero attached hydrogens (tertiary/aromatic N) is 3. The van der Waals surface area contributed by atoms with Crippen LogP contribution in [0.4, 0.5) is 9.93 Å². The molecular weight excluding hydrogens is 344 g/mol. The maximum atomic E-state index is 12.2. The van der Waals surface area contributed by atoms with E-state index in [1.165, 1.54) is 11.3 Å². The molecule has 0 unspecified atom stereocenters. The van der Waals surface area contributed by atoms with Crippen molar-refractivity contribution in [3.63, 3.8) is 0 Å². The van der Waals surface area contributed by atoms with E-state index in [2.05, 4.69) is 15.5 Å². The summed E-state index contributed by atoms with van der Waals surface area (Å²) in [4.78, 5) is 13.9. The average molecular weight is 364 g/mol. The summed E-state index contributed by atoms with van der Waals surface area (Å²) in [5, 5.41) is 12.3. The molecule has 2 amide bonds. The molecule has 2 aromatic rings. The fourth-order valence-electron chi connectivity index (χ4n) is 2.48. The Morgan fingerprint density at radius 2 is 2.00 bits per heavy atom. The third-order valence-electron chi connectivity index (χ3n) is 3.78. The first kappa shape index (κ1) is 17.4. The van der Waals surface area contributed by atoms with E-state index in [9.17, 15) is 4.79 Å². The number of ether oxygens (including phenoxy) is 3. The molecule has 1 aliphatic heterocycles. The second kappa shape index (κ2) is 8.13. The summed E-state index contributed by atoms with van der Waals surface area (Å²) in [6.45, 7) is 2.30. The molecule has 0 bridgehead atoms. The fourth-order valence-corrected chi connectivity index (χ4v) is 3.24. The molecule has 1 N–H and O–H groups in total. The molecule has 9 heteroatoms. The molecule has 1 fully saturated rings. The molecule has 1 aromatic heterocycles. The molecule has 0 atom stereocenters. The van der Waals surface area contributed by atoms with Crippen molar-refractivity contribution >= 4 is 22.5 Å². The highest BCUT2D eigenvalue weighted by molar-refractivity contribution is 7.15. The van der Waals surface area contributed by atoms with Gasteiger partial charge in [0.15, 0.2) is 11.5 Å². The summed E-state index contributed by atoms with van der Waals surface area (Å²) in [5.41, 5.74) is 1.03.